The molecule has 1 atom stereocenters. The van der Waals surface area contributed by atoms with Crippen LogP contribution in [0.4, 0.5) is 15.8 Å². The Morgan fingerprint density at radius 1 is 1.14 bits per heavy atom. The van der Waals surface area contributed by atoms with Crippen LogP contribution in [0.5, 0.6) is 5.75 Å². The van der Waals surface area contributed by atoms with Crippen molar-refractivity contribution in [1.82, 2.24) is 9.88 Å². The van der Waals surface area contributed by atoms with Crippen molar-refractivity contribution in [2.45, 2.75) is 57.7 Å². The minimum absolute atomic E-state index is 0.0517. The molecule has 8 nitrogen and oxygen atoms in total. The van der Waals surface area contributed by atoms with Crippen molar-refractivity contribution in [1.29, 1.82) is 0 Å². The number of nitrogens with zero attached hydrogens (tertiary/aromatic N) is 2. The van der Waals surface area contributed by atoms with Crippen LogP contribution in [0.3, 0.4) is 0 Å². The number of anilines is 2. The third kappa shape index (κ3) is 3.79. The van der Waals surface area contributed by atoms with Crippen LogP contribution >= 0.6 is 0 Å². The van der Waals surface area contributed by atoms with Gasteiger partial charge >= 0.3 is 0 Å². The topological polar surface area (TPSA) is 92.7 Å². The van der Waals surface area contributed by atoms with Gasteiger partial charge in [-0.25, -0.2) is 4.39 Å². The first kappa shape index (κ1) is 23.8. The van der Waals surface area contributed by atoms with Gasteiger partial charge in [-0.1, -0.05) is 25.0 Å². The van der Waals surface area contributed by atoms with Crippen LogP contribution < -0.4 is 20.3 Å². The van der Waals surface area contributed by atoms with Gasteiger partial charge < -0.3 is 19.9 Å². The van der Waals surface area contributed by atoms with E-state index in [4.69, 9.17) is 4.74 Å². The zero-order chi connectivity index (χ0) is 25.6. The molecule has 0 bridgehead atoms. The molecule has 2 aliphatic rings. The number of aromatic nitrogens is 1. The lowest BCUT2D eigenvalue weighted by Crippen LogP contribution is -2.65. The Morgan fingerprint density at radius 3 is 2.56 bits per heavy atom. The lowest BCUT2D eigenvalue weighted by atomic mass is 9.92. The molecular formula is C27H29FN4O4. The Morgan fingerprint density at radius 2 is 1.86 bits per heavy atom. The van der Waals surface area contributed by atoms with Crippen LogP contribution in [0.1, 0.15) is 50.0 Å². The average Bonchev–Trinajstić information content (AvgIpc) is 3.45. The van der Waals surface area contributed by atoms with Gasteiger partial charge in [0.05, 0.1) is 30.5 Å². The standard InChI is InChI=1S/C27H29FN4O4/c1-16(33)29-23-19-14-17(28)12-13-20(19)31-15-27(2,26(35)30-18-8-4-5-9-18)32(25(34)24(23)31)21-10-6-7-11-22(21)36-3/h6-7,10-14,18H,4-5,8-9,15H2,1-3H3,(H,29,33)(H,30,35). The van der Waals surface area contributed by atoms with Gasteiger partial charge in [-0.15, -0.1) is 0 Å². The molecule has 3 amide bonds. The second kappa shape index (κ2) is 8.96. The van der Waals surface area contributed by atoms with E-state index in [0.717, 1.165) is 25.7 Å². The lowest BCUT2D eigenvalue weighted by molar-refractivity contribution is -0.127. The van der Waals surface area contributed by atoms with E-state index in [1.165, 1.54) is 31.1 Å². The molecule has 36 heavy (non-hydrogen) atoms. The molecule has 0 spiro atoms. The van der Waals surface area contributed by atoms with Crippen molar-refractivity contribution in [3.8, 4) is 5.75 Å². The van der Waals surface area contributed by atoms with E-state index in [1.807, 2.05) is 0 Å². The van der Waals surface area contributed by atoms with Crippen LogP contribution in [0.2, 0.25) is 0 Å². The molecule has 188 valence electrons. The van der Waals surface area contributed by atoms with Crippen LogP contribution in [-0.2, 0) is 16.1 Å². The predicted molar refractivity (Wildman–Crippen MR) is 135 cm³/mol. The summed E-state index contributed by atoms with van der Waals surface area (Å²) in [6, 6.07) is 11.2. The van der Waals surface area contributed by atoms with Crippen molar-refractivity contribution in [3.05, 3.63) is 54.0 Å². The van der Waals surface area contributed by atoms with Gasteiger partial charge in [-0.3, -0.25) is 19.3 Å². The number of ether oxygens (including phenoxy) is 1. The Bertz CT molecular complexity index is 1380. The molecule has 2 heterocycles. The van der Waals surface area contributed by atoms with E-state index < -0.39 is 23.2 Å². The molecule has 5 rings (SSSR count). The third-order valence-corrected chi connectivity index (χ3v) is 7.20. The third-order valence-electron chi connectivity index (χ3n) is 7.20. The summed E-state index contributed by atoms with van der Waals surface area (Å²) in [5.74, 6) is -1.21. The summed E-state index contributed by atoms with van der Waals surface area (Å²) in [5, 5.41) is 6.28. The number of fused-ring (bicyclic) bond motifs is 3. The van der Waals surface area contributed by atoms with Crippen molar-refractivity contribution >= 4 is 40.0 Å². The summed E-state index contributed by atoms with van der Waals surface area (Å²) >= 11 is 0. The highest BCUT2D eigenvalue weighted by atomic mass is 19.1. The molecule has 1 fully saturated rings. The summed E-state index contributed by atoms with van der Waals surface area (Å²) in [6.45, 7) is 3.17. The number of hydrogen-bond donors (Lipinski definition) is 2. The van der Waals surface area contributed by atoms with Gasteiger partial charge in [0, 0.05) is 18.4 Å². The fraction of sp³-hybridized carbons (Fsp3) is 0.370. The van der Waals surface area contributed by atoms with Gasteiger partial charge in [0.15, 0.2) is 0 Å². The second-order valence-electron chi connectivity index (χ2n) is 9.69. The molecule has 1 aliphatic carbocycles. The lowest BCUT2D eigenvalue weighted by Gasteiger charge is -2.44. The summed E-state index contributed by atoms with van der Waals surface area (Å²) in [6.07, 6.45) is 3.89. The number of benzene rings is 2. The predicted octanol–water partition coefficient (Wildman–Crippen LogP) is 4.23. The first-order valence-corrected chi connectivity index (χ1v) is 12.1. The average molecular weight is 493 g/mol. The molecule has 1 saturated carbocycles. The Kier molecular flexibility index (Phi) is 5.94. The van der Waals surface area contributed by atoms with Crippen molar-refractivity contribution in [2.75, 3.05) is 17.3 Å². The summed E-state index contributed by atoms with van der Waals surface area (Å²) in [4.78, 5) is 41.8. The molecule has 1 unspecified atom stereocenters. The van der Waals surface area contributed by atoms with Gasteiger partial charge in [0.2, 0.25) is 11.8 Å². The first-order valence-electron chi connectivity index (χ1n) is 12.1. The van der Waals surface area contributed by atoms with Gasteiger partial charge in [-0.2, -0.15) is 0 Å². The molecule has 9 heteroatoms. The van der Waals surface area contributed by atoms with E-state index in [9.17, 15) is 18.8 Å². The first-order chi connectivity index (χ1) is 17.2. The van der Waals surface area contributed by atoms with Crippen LogP contribution in [0, 0.1) is 5.82 Å². The summed E-state index contributed by atoms with van der Waals surface area (Å²) < 4.78 is 21.5. The fourth-order valence-electron chi connectivity index (χ4n) is 5.50. The molecule has 1 aliphatic heterocycles. The maximum absolute atomic E-state index is 14.3. The highest BCUT2D eigenvalue weighted by Crippen LogP contribution is 2.43. The van der Waals surface area contributed by atoms with Crippen molar-refractivity contribution < 1.29 is 23.5 Å². The van der Waals surface area contributed by atoms with Crippen LogP contribution in [-0.4, -0.2) is 41.0 Å². The Labute approximate surface area is 208 Å². The van der Waals surface area contributed by atoms with Crippen LogP contribution in [0.25, 0.3) is 10.9 Å². The molecule has 2 aromatic carbocycles. The normalized spacial score (nSPS) is 19.9. The molecular weight excluding hydrogens is 463 g/mol. The van der Waals surface area contributed by atoms with E-state index in [1.54, 1.807) is 41.8 Å². The van der Waals surface area contributed by atoms with E-state index in [-0.39, 0.29) is 29.9 Å². The Hall–Kier alpha value is -3.88. The SMILES string of the molecule is COc1ccccc1N1C(=O)c2c(NC(C)=O)c3cc(F)ccc3n2CC1(C)C(=O)NC1CCCC1. The monoisotopic (exact) mass is 492 g/mol. The zero-order valence-electron chi connectivity index (χ0n) is 20.6. The quantitative estimate of drug-likeness (QED) is 0.558. The molecule has 0 radical (unpaired) electrons. The summed E-state index contributed by atoms with van der Waals surface area (Å²) in [5.41, 5.74) is 0.0754. The van der Waals surface area contributed by atoms with E-state index in [0.29, 0.717) is 22.3 Å². The van der Waals surface area contributed by atoms with Crippen LogP contribution in [0.15, 0.2) is 42.5 Å². The molecule has 2 N–H and O–H groups in total. The number of carbonyl (C=O) groups excluding carboxylic acids is 3. The van der Waals surface area contributed by atoms with Gasteiger partial charge in [0.25, 0.3) is 5.91 Å². The maximum atomic E-state index is 14.3. The Balaban J connectivity index is 1.74. The minimum atomic E-state index is -1.32. The van der Waals surface area contributed by atoms with E-state index >= 15 is 0 Å². The maximum Gasteiger partial charge on any atom is 0.278 e. The molecule has 1 aromatic heterocycles. The van der Waals surface area contributed by atoms with E-state index in [2.05, 4.69) is 10.6 Å². The van der Waals surface area contributed by atoms with Gasteiger partial charge in [0.1, 0.15) is 22.8 Å². The zero-order valence-corrected chi connectivity index (χ0v) is 20.6. The number of nitrogens with one attached hydrogen (secondary N) is 2. The number of amides is 3. The fourth-order valence-corrected chi connectivity index (χ4v) is 5.50. The minimum Gasteiger partial charge on any atom is -0.495 e. The van der Waals surface area contributed by atoms with Crippen molar-refractivity contribution in [3.63, 3.8) is 0 Å². The highest BCUT2D eigenvalue weighted by molar-refractivity contribution is 6.20. The molecule has 3 aromatic rings. The highest BCUT2D eigenvalue weighted by Gasteiger charge is 2.51. The smallest absolute Gasteiger partial charge is 0.278 e. The summed E-state index contributed by atoms with van der Waals surface area (Å²) in [7, 11) is 1.51. The number of carbonyl (C=O) groups is 3. The number of methoxy groups -OCH3 is 1. The number of rotatable bonds is 5. The second-order valence-corrected chi connectivity index (χ2v) is 9.69. The molecule has 0 saturated heterocycles. The number of hydrogen-bond acceptors (Lipinski definition) is 4. The van der Waals surface area contributed by atoms with Crippen molar-refractivity contribution in [2.24, 2.45) is 0 Å². The van der Waals surface area contributed by atoms with Gasteiger partial charge in [-0.05, 0) is 50.1 Å². The number of halogens is 1. The largest absolute Gasteiger partial charge is 0.495 e. The number of para-hydroxylation sites is 2.